The first-order valence-electron chi connectivity index (χ1n) is 7.19. The van der Waals surface area contributed by atoms with Crippen LogP contribution in [0.4, 0.5) is 5.69 Å². The molecule has 0 aromatic heterocycles. The molecular weight excluding hydrogens is 262 g/mol. The standard InChI is InChI=1S/C18H21NO2/c1-18(2,3)13-12-14-8-10-15(11-9-14)16-6-4-5-7-17(16)19(20)21/h4-11H,12-13H2,1-3H3. The molecule has 0 saturated carbocycles. The van der Waals surface area contributed by atoms with Gasteiger partial charge in [-0.3, -0.25) is 10.1 Å². The monoisotopic (exact) mass is 283 g/mol. The maximum Gasteiger partial charge on any atom is 0.277 e. The molecule has 0 aliphatic heterocycles. The third kappa shape index (κ3) is 4.15. The number of nitrogens with zero attached hydrogens (tertiary/aromatic N) is 1. The van der Waals surface area contributed by atoms with Crippen molar-refractivity contribution >= 4 is 5.69 Å². The minimum absolute atomic E-state index is 0.153. The first kappa shape index (κ1) is 15.2. The summed E-state index contributed by atoms with van der Waals surface area (Å²) in [6.45, 7) is 6.69. The largest absolute Gasteiger partial charge is 0.277 e. The molecule has 0 N–H and O–H groups in total. The fourth-order valence-electron chi connectivity index (χ4n) is 2.25. The number of rotatable bonds is 4. The van der Waals surface area contributed by atoms with E-state index in [0.29, 0.717) is 11.0 Å². The summed E-state index contributed by atoms with van der Waals surface area (Å²) < 4.78 is 0. The number of benzene rings is 2. The molecule has 0 fully saturated rings. The van der Waals surface area contributed by atoms with Crippen LogP contribution in [0, 0.1) is 15.5 Å². The van der Waals surface area contributed by atoms with Gasteiger partial charge in [0, 0.05) is 6.07 Å². The predicted octanol–water partition coefficient (Wildman–Crippen LogP) is 5.24. The molecule has 2 aromatic rings. The molecule has 0 heterocycles. The fourth-order valence-corrected chi connectivity index (χ4v) is 2.25. The quantitative estimate of drug-likeness (QED) is 0.568. The highest BCUT2D eigenvalue weighted by Gasteiger charge is 2.14. The van der Waals surface area contributed by atoms with Crippen molar-refractivity contribution in [1.82, 2.24) is 0 Å². The summed E-state index contributed by atoms with van der Waals surface area (Å²) in [5.41, 5.74) is 3.30. The van der Waals surface area contributed by atoms with E-state index in [-0.39, 0.29) is 10.6 Å². The molecule has 0 atom stereocenters. The van der Waals surface area contributed by atoms with Crippen molar-refractivity contribution in [3.63, 3.8) is 0 Å². The van der Waals surface area contributed by atoms with E-state index in [1.165, 1.54) is 5.56 Å². The fraction of sp³-hybridized carbons (Fsp3) is 0.333. The van der Waals surface area contributed by atoms with Crippen LogP contribution in [0.1, 0.15) is 32.8 Å². The minimum atomic E-state index is -0.331. The number of hydrogen-bond acceptors (Lipinski definition) is 2. The third-order valence-electron chi connectivity index (χ3n) is 3.53. The number of aryl methyl sites for hydroxylation is 1. The lowest BCUT2D eigenvalue weighted by atomic mass is 9.88. The van der Waals surface area contributed by atoms with Gasteiger partial charge in [0.2, 0.25) is 0 Å². The van der Waals surface area contributed by atoms with E-state index in [9.17, 15) is 10.1 Å². The van der Waals surface area contributed by atoms with E-state index in [1.807, 2.05) is 18.2 Å². The van der Waals surface area contributed by atoms with Gasteiger partial charge in [0.25, 0.3) is 5.69 Å². The Hall–Kier alpha value is -2.16. The molecule has 0 aliphatic rings. The Bertz CT molecular complexity index is 624. The Kier molecular flexibility index (Phi) is 4.41. The van der Waals surface area contributed by atoms with Crippen molar-refractivity contribution in [2.24, 2.45) is 5.41 Å². The Labute approximate surface area is 125 Å². The van der Waals surface area contributed by atoms with E-state index in [2.05, 4.69) is 32.9 Å². The summed E-state index contributed by atoms with van der Waals surface area (Å²) in [7, 11) is 0. The molecule has 0 saturated heterocycles. The molecule has 3 nitrogen and oxygen atoms in total. The molecule has 0 amide bonds. The van der Waals surface area contributed by atoms with Crippen LogP contribution in [0.15, 0.2) is 48.5 Å². The van der Waals surface area contributed by atoms with Gasteiger partial charge in [-0.05, 0) is 35.4 Å². The molecule has 2 rings (SSSR count). The highest BCUT2D eigenvalue weighted by molar-refractivity contribution is 5.73. The van der Waals surface area contributed by atoms with Crippen molar-refractivity contribution in [2.45, 2.75) is 33.6 Å². The van der Waals surface area contributed by atoms with Crippen molar-refractivity contribution in [1.29, 1.82) is 0 Å². The van der Waals surface area contributed by atoms with Crippen LogP contribution in [0.5, 0.6) is 0 Å². The van der Waals surface area contributed by atoms with Crippen LogP contribution in [0.3, 0.4) is 0 Å². The topological polar surface area (TPSA) is 43.1 Å². The van der Waals surface area contributed by atoms with Crippen molar-refractivity contribution < 1.29 is 4.92 Å². The number of nitro groups is 1. The maximum atomic E-state index is 11.1. The second-order valence-electron chi connectivity index (χ2n) is 6.53. The van der Waals surface area contributed by atoms with Gasteiger partial charge in [-0.25, -0.2) is 0 Å². The summed E-state index contributed by atoms with van der Waals surface area (Å²) >= 11 is 0. The lowest BCUT2D eigenvalue weighted by molar-refractivity contribution is -0.384. The van der Waals surface area contributed by atoms with Crippen molar-refractivity contribution in [2.75, 3.05) is 0 Å². The van der Waals surface area contributed by atoms with Gasteiger partial charge in [-0.15, -0.1) is 0 Å². The zero-order chi connectivity index (χ0) is 15.5. The summed E-state index contributed by atoms with van der Waals surface area (Å²) in [6, 6.07) is 14.9. The van der Waals surface area contributed by atoms with E-state index >= 15 is 0 Å². The molecule has 21 heavy (non-hydrogen) atoms. The lowest BCUT2D eigenvalue weighted by Crippen LogP contribution is -2.06. The molecule has 0 spiro atoms. The highest BCUT2D eigenvalue weighted by atomic mass is 16.6. The third-order valence-corrected chi connectivity index (χ3v) is 3.53. The van der Waals surface area contributed by atoms with Crippen molar-refractivity contribution in [3.05, 3.63) is 64.2 Å². The molecule has 110 valence electrons. The normalized spacial score (nSPS) is 11.4. The predicted molar refractivity (Wildman–Crippen MR) is 86.3 cm³/mol. The Morgan fingerprint density at radius 3 is 2.19 bits per heavy atom. The maximum absolute atomic E-state index is 11.1. The number of nitro benzene ring substituents is 1. The molecule has 2 aromatic carbocycles. The summed E-state index contributed by atoms with van der Waals surface area (Å²) in [5.74, 6) is 0. The van der Waals surface area contributed by atoms with Gasteiger partial charge < -0.3 is 0 Å². The molecule has 3 heteroatoms. The number of para-hydroxylation sites is 1. The molecular formula is C18H21NO2. The van der Waals surface area contributed by atoms with Crippen LogP contribution < -0.4 is 0 Å². The molecule has 0 aliphatic carbocycles. The van der Waals surface area contributed by atoms with Crippen LogP contribution in [0.2, 0.25) is 0 Å². The van der Waals surface area contributed by atoms with E-state index in [0.717, 1.165) is 18.4 Å². The SMILES string of the molecule is CC(C)(C)CCc1ccc(-c2ccccc2[N+](=O)[O-])cc1. The molecule has 0 unspecified atom stereocenters. The molecule has 0 bridgehead atoms. The highest BCUT2D eigenvalue weighted by Crippen LogP contribution is 2.30. The van der Waals surface area contributed by atoms with Crippen LogP contribution >= 0.6 is 0 Å². The average Bonchev–Trinajstić information content (AvgIpc) is 2.45. The Balaban J connectivity index is 2.22. The van der Waals surface area contributed by atoms with E-state index in [1.54, 1.807) is 18.2 Å². The van der Waals surface area contributed by atoms with Crippen LogP contribution in [-0.4, -0.2) is 4.92 Å². The number of hydrogen-bond donors (Lipinski definition) is 0. The summed E-state index contributed by atoms with van der Waals surface area (Å²) in [5, 5.41) is 11.1. The van der Waals surface area contributed by atoms with E-state index < -0.39 is 0 Å². The van der Waals surface area contributed by atoms with Gasteiger partial charge in [-0.1, -0.05) is 57.2 Å². The zero-order valence-electron chi connectivity index (χ0n) is 12.8. The average molecular weight is 283 g/mol. The Morgan fingerprint density at radius 2 is 1.62 bits per heavy atom. The van der Waals surface area contributed by atoms with Gasteiger partial charge in [-0.2, -0.15) is 0 Å². The van der Waals surface area contributed by atoms with Crippen molar-refractivity contribution in [3.8, 4) is 11.1 Å². The van der Waals surface area contributed by atoms with Crippen LogP contribution in [-0.2, 0) is 6.42 Å². The summed E-state index contributed by atoms with van der Waals surface area (Å²) in [4.78, 5) is 10.7. The first-order valence-corrected chi connectivity index (χ1v) is 7.19. The van der Waals surface area contributed by atoms with Gasteiger partial charge >= 0.3 is 0 Å². The minimum Gasteiger partial charge on any atom is -0.258 e. The molecule has 0 radical (unpaired) electrons. The van der Waals surface area contributed by atoms with Crippen LogP contribution in [0.25, 0.3) is 11.1 Å². The second kappa shape index (κ2) is 6.08. The lowest BCUT2D eigenvalue weighted by Gasteiger charge is -2.17. The van der Waals surface area contributed by atoms with Gasteiger partial charge in [0.15, 0.2) is 0 Å². The van der Waals surface area contributed by atoms with E-state index in [4.69, 9.17) is 0 Å². The smallest absolute Gasteiger partial charge is 0.258 e. The Morgan fingerprint density at radius 1 is 1.00 bits per heavy atom. The first-order chi connectivity index (χ1) is 9.87. The van der Waals surface area contributed by atoms with Gasteiger partial charge in [0.1, 0.15) is 0 Å². The van der Waals surface area contributed by atoms with Gasteiger partial charge in [0.05, 0.1) is 10.5 Å². The zero-order valence-corrected chi connectivity index (χ0v) is 12.8. The second-order valence-corrected chi connectivity index (χ2v) is 6.53. The summed E-state index contributed by atoms with van der Waals surface area (Å²) in [6.07, 6.45) is 2.15.